The second-order valence-electron chi connectivity index (χ2n) is 6.28. The van der Waals surface area contributed by atoms with Crippen molar-refractivity contribution in [3.05, 3.63) is 65.2 Å². The van der Waals surface area contributed by atoms with Crippen LogP contribution >= 0.6 is 11.6 Å². The maximum atomic E-state index is 12.7. The molecular weight excluding hydrogens is 294 g/mol. The molecule has 0 bridgehead atoms. The zero-order chi connectivity index (χ0) is 15.1. The van der Waals surface area contributed by atoms with Crippen LogP contribution in [0.3, 0.4) is 0 Å². The number of anilines is 1. The monoisotopic (exact) mass is 311 g/mol. The minimum absolute atomic E-state index is 0.229. The van der Waals surface area contributed by atoms with Crippen molar-refractivity contribution >= 4 is 23.2 Å². The minimum atomic E-state index is 0.229. The molecule has 0 saturated heterocycles. The lowest BCUT2D eigenvalue weighted by Crippen LogP contribution is -2.35. The van der Waals surface area contributed by atoms with Gasteiger partial charge >= 0.3 is 0 Å². The Kier molecular flexibility index (Phi) is 3.42. The molecule has 22 heavy (non-hydrogen) atoms. The van der Waals surface area contributed by atoms with E-state index in [9.17, 15) is 4.79 Å². The molecule has 0 radical (unpaired) electrons. The third-order valence-electron chi connectivity index (χ3n) is 4.58. The summed E-state index contributed by atoms with van der Waals surface area (Å²) in [4.78, 5) is 14.8. The van der Waals surface area contributed by atoms with Crippen molar-refractivity contribution in [2.45, 2.75) is 31.2 Å². The van der Waals surface area contributed by atoms with E-state index >= 15 is 0 Å². The zero-order valence-electron chi connectivity index (χ0n) is 12.3. The summed E-state index contributed by atoms with van der Waals surface area (Å²) in [5.74, 6) is 0.970. The zero-order valence-corrected chi connectivity index (χ0v) is 13.0. The highest BCUT2D eigenvalue weighted by Crippen LogP contribution is 2.48. The van der Waals surface area contributed by atoms with Gasteiger partial charge in [0.05, 0.1) is 0 Å². The first-order valence-corrected chi connectivity index (χ1v) is 8.25. The lowest BCUT2D eigenvalue weighted by atomic mass is 10.1. The second kappa shape index (κ2) is 5.44. The molecule has 0 spiro atoms. The maximum Gasteiger partial charge on any atom is 0.230 e. The van der Waals surface area contributed by atoms with Gasteiger partial charge in [0, 0.05) is 28.6 Å². The lowest BCUT2D eigenvalue weighted by Gasteiger charge is -2.23. The lowest BCUT2D eigenvalue weighted by molar-refractivity contribution is -0.119. The predicted octanol–water partition coefficient (Wildman–Crippen LogP) is 4.64. The van der Waals surface area contributed by atoms with Gasteiger partial charge in [-0.3, -0.25) is 4.79 Å². The molecule has 3 heteroatoms. The number of halogens is 1. The fourth-order valence-electron chi connectivity index (χ4n) is 3.14. The highest BCUT2D eigenvalue weighted by Gasteiger charge is 2.48. The molecule has 2 saturated carbocycles. The van der Waals surface area contributed by atoms with Crippen molar-refractivity contribution in [3.8, 4) is 0 Å². The Morgan fingerprint density at radius 1 is 1.00 bits per heavy atom. The molecule has 4 rings (SSSR count). The molecule has 112 valence electrons. The smallest absolute Gasteiger partial charge is 0.230 e. The van der Waals surface area contributed by atoms with Crippen LogP contribution < -0.4 is 4.90 Å². The first kappa shape index (κ1) is 13.8. The van der Waals surface area contributed by atoms with Gasteiger partial charge in [-0.25, -0.2) is 0 Å². The normalized spacial score (nSPS) is 23.1. The van der Waals surface area contributed by atoms with Gasteiger partial charge in [-0.15, -0.1) is 0 Å². The fraction of sp³-hybridized carbons (Fsp3) is 0.316. The Balaban J connectivity index is 1.61. The van der Waals surface area contributed by atoms with Crippen LogP contribution in [-0.4, -0.2) is 11.9 Å². The molecule has 1 amide bonds. The van der Waals surface area contributed by atoms with Crippen LogP contribution in [0.15, 0.2) is 54.6 Å². The predicted molar refractivity (Wildman–Crippen MR) is 89.3 cm³/mol. The van der Waals surface area contributed by atoms with Gasteiger partial charge in [0.15, 0.2) is 0 Å². The summed E-state index contributed by atoms with van der Waals surface area (Å²) in [5, 5.41) is 0.706. The van der Waals surface area contributed by atoms with Crippen LogP contribution in [0.2, 0.25) is 5.02 Å². The van der Waals surface area contributed by atoms with Gasteiger partial charge in [-0.05, 0) is 49.1 Å². The molecule has 2 nitrogen and oxygen atoms in total. The molecule has 2 aromatic rings. The van der Waals surface area contributed by atoms with Crippen LogP contribution in [0.25, 0.3) is 0 Å². The summed E-state index contributed by atoms with van der Waals surface area (Å²) in [5.41, 5.74) is 2.31. The average Bonchev–Trinajstić information content (AvgIpc) is 3.44. The topological polar surface area (TPSA) is 20.3 Å². The van der Waals surface area contributed by atoms with Crippen molar-refractivity contribution in [3.63, 3.8) is 0 Å². The number of hydrogen-bond acceptors (Lipinski definition) is 1. The van der Waals surface area contributed by atoms with Gasteiger partial charge in [-0.1, -0.05) is 41.9 Å². The Labute approximate surface area is 135 Å². The number of nitrogens with zero attached hydrogens (tertiary/aromatic N) is 1. The molecule has 0 N–H and O–H groups in total. The molecule has 0 heterocycles. The average molecular weight is 312 g/mol. The van der Waals surface area contributed by atoms with Crippen LogP contribution in [-0.2, 0) is 4.79 Å². The van der Waals surface area contributed by atoms with Gasteiger partial charge in [0.2, 0.25) is 5.91 Å². The third kappa shape index (κ3) is 2.64. The van der Waals surface area contributed by atoms with Crippen LogP contribution in [0.4, 0.5) is 5.69 Å². The van der Waals surface area contributed by atoms with E-state index in [1.54, 1.807) is 0 Å². The van der Waals surface area contributed by atoms with E-state index in [1.165, 1.54) is 5.56 Å². The summed E-state index contributed by atoms with van der Waals surface area (Å²) in [7, 11) is 0. The molecule has 2 atom stereocenters. The standard InChI is InChI=1S/C19H18ClNO/c20-15-8-10-16(11-9-15)21(19(22)14-6-7-14)18-12-17(18)13-4-2-1-3-5-13/h1-5,8-11,14,17-18H,6-7,12H2. The number of carbonyl (C=O) groups is 1. The van der Waals surface area contributed by atoms with Gasteiger partial charge < -0.3 is 4.90 Å². The van der Waals surface area contributed by atoms with Crippen molar-refractivity contribution in [2.24, 2.45) is 5.92 Å². The van der Waals surface area contributed by atoms with E-state index in [1.807, 2.05) is 35.2 Å². The number of rotatable bonds is 4. The van der Waals surface area contributed by atoms with Crippen molar-refractivity contribution in [1.29, 1.82) is 0 Å². The minimum Gasteiger partial charge on any atom is -0.308 e. The fourth-order valence-corrected chi connectivity index (χ4v) is 3.26. The van der Waals surface area contributed by atoms with E-state index in [-0.39, 0.29) is 17.9 Å². The summed E-state index contributed by atoms with van der Waals surface area (Å²) < 4.78 is 0. The van der Waals surface area contributed by atoms with Gasteiger partial charge in [0.1, 0.15) is 0 Å². The van der Waals surface area contributed by atoms with Crippen molar-refractivity contribution < 1.29 is 4.79 Å². The molecule has 2 aromatic carbocycles. The Bertz CT molecular complexity index is 678. The van der Waals surface area contributed by atoms with Gasteiger partial charge in [-0.2, -0.15) is 0 Å². The maximum absolute atomic E-state index is 12.7. The number of carbonyl (C=O) groups excluding carboxylic acids is 1. The Morgan fingerprint density at radius 2 is 1.68 bits per heavy atom. The van der Waals surface area contributed by atoms with E-state index < -0.39 is 0 Å². The van der Waals surface area contributed by atoms with Crippen LogP contribution in [0.5, 0.6) is 0 Å². The van der Waals surface area contributed by atoms with Gasteiger partial charge in [0.25, 0.3) is 0 Å². The summed E-state index contributed by atoms with van der Waals surface area (Å²) in [6.45, 7) is 0. The van der Waals surface area contributed by atoms with Crippen molar-refractivity contribution in [1.82, 2.24) is 0 Å². The molecular formula is C19H18ClNO. The molecule has 0 aliphatic heterocycles. The van der Waals surface area contributed by atoms with Crippen LogP contribution in [0.1, 0.15) is 30.7 Å². The largest absolute Gasteiger partial charge is 0.308 e. The summed E-state index contributed by atoms with van der Waals surface area (Å²) >= 11 is 5.99. The first-order valence-electron chi connectivity index (χ1n) is 7.87. The Morgan fingerprint density at radius 3 is 2.32 bits per heavy atom. The van der Waals surface area contributed by atoms with Crippen molar-refractivity contribution in [2.75, 3.05) is 4.90 Å². The molecule has 2 aliphatic rings. The molecule has 2 fully saturated rings. The number of benzene rings is 2. The number of hydrogen-bond donors (Lipinski definition) is 0. The molecule has 2 aliphatic carbocycles. The number of amides is 1. The summed E-state index contributed by atoms with van der Waals surface area (Å²) in [6.07, 6.45) is 3.11. The third-order valence-corrected chi connectivity index (χ3v) is 4.84. The van der Waals surface area contributed by atoms with E-state index in [0.29, 0.717) is 10.9 Å². The first-order chi connectivity index (χ1) is 10.7. The molecule has 2 unspecified atom stereocenters. The highest BCUT2D eigenvalue weighted by atomic mass is 35.5. The Hall–Kier alpha value is -1.80. The van der Waals surface area contributed by atoms with Crippen LogP contribution in [0, 0.1) is 5.92 Å². The second-order valence-corrected chi connectivity index (χ2v) is 6.72. The van der Waals surface area contributed by atoms with E-state index in [4.69, 9.17) is 11.6 Å². The van der Waals surface area contributed by atoms with E-state index in [2.05, 4.69) is 24.3 Å². The van der Waals surface area contributed by atoms with E-state index in [0.717, 1.165) is 24.9 Å². The molecule has 0 aromatic heterocycles. The quantitative estimate of drug-likeness (QED) is 0.805. The SMILES string of the molecule is O=C(C1CC1)N(c1ccc(Cl)cc1)C1CC1c1ccccc1. The highest BCUT2D eigenvalue weighted by molar-refractivity contribution is 6.30. The summed E-state index contributed by atoms with van der Waals surface area (Å²) in [6, 6.07) is 18.4.